The Balaban J connectivity index is 1.60. The van der Waals surface area contributed by atoms with Crippen LogP contribution in [0.3, 0.4) is 0 Å². The topological polar surface area (TPSA) is 54.0 Å². The number of aromatic nitrogens is 1. The molecule has 7 heteroatoms. The molecule has 0 aliphatic heterocycles. The van der Waals surface area contributed by atoms with Gasteiger partial charge in [-0.15, -0.1) is 0 Å². The number of nitrogens with one attached hydrogen (secondary N) is 2. The summed E-state index contributed by atoms with van der Waals surface area (Å²) >= 11 is 0. The van der Waals surface area contributed by atoms with Crippen LogP contribution in [-0.4, -0.2) is 17.4 Å². The molecule has 0 unspecified atom stereocenters. The predicted octanol–water partition coefficient (Wildman–Crippen LogP) is 5.01. The molecule has 144 valence electrons. The predicted molar refractivity (Wildman–Crippen MR) is 102 cm³/mol. The van der Waals surface area contributed by atoms with E-state index in [2.05, 4.69) is 15.6 Å². The van der Waals surface area contributed by atoms with Gasteiger partial charge in [0.2, 0.25) is 0 Å². The Hall–Kier alpha value is -3.35. The normalized spacial score (nSPS) is 11.1. The molecule has 4 nitrogen and oxygen atoms in total. The molecule has 0 saturated heterocycles. The molecule has 0 fully saturated rings. The van der Waals surface area contributed by atoms with E-state index in [1.54, 1.807) is 6.07 Å². The van der Waals surface area contributed by atoms with Gasteiger partial charge in [0.05, 0.1) is 16.8 Å². The Labute approximate surface area is 160 Å². The molecule has 0 spiro atoms. The van der Waals surface area contributed by atoms with Crippen molar-refractivity contribution in [3.8, 4) is 0 Å². The average Bonchev–Trinajstić information content (AvgIpc) is 2.69. The van der Waals surface area contributed by atoms with E-state index in [-0.39, 0.29) is 11.3 Å². The zero-order valence-electron chi connectivity index (χ0n) is 14.8. The van der Waals surface area contributed by atoms with E-state index in [0.717, 1.165) is 12.5 Å². The fourth-order valence-electron chi connectivity index (χ4n) is 2.65. The fraction of sp³-hybridized carbons (Fsp3) is 0.143. The number of benzene rings is 2. The Bertz CT molecular complexity index is 926. The minimum atomic E-state index is -4.55. The number of halogens is 3. The van der Waals surface area contributed by atoms with Crippen LogP contribution in [-0.2, 0) is 12.6 Å². The van der Waals surface area contributed by atoms with Crippen LogP contribution in [0.2, 0.25) is 0 Å². The van der Waals surface area contributed by atoms with Crippen molar-refractivity contribution in [2.75, 3.05) is 17.2 Å². The Morgan fingerprint density at radius 3 is 2.32 bits per heavy atom. The second-order valence-corrected chi connectivity index (χ2v) is 6.09. The average molecular weight is 385 g/mol. The SMILES string of the molecule is O=C(Nc1ccccc1C(F)(F)F)c1ccc(NCCc2ccccc2)nc1. The largest absolute Gasteiger partial charge is 0.418 e. The van der Waals surface area contributed by atoms with Crippen molar-refractivity contribution in [1.82, 2.24) is 4.98 Å². The zero-order chi connectivity index (χ0) is 20.0. The third kappa shape index (κ3) is 5.09. The Morgan fingerprint density at radius 1 is 0.929 bits per heavy atom. The second-order valence-electron chi connectivity index (χ2n) is 6.09. The Kier molecular flexibility index (Phi) is 5.93. The number of alkyl halides is 3. The van der Waals surface area contributed by atoms with Gasteiger partial charge in [-0.1, -0.05) is 42.5 Å². The van der Waals surface area contributed by atoms with Crippen LogP contribution >= 0.6 is 0 Å². The van der Waals surface area contributed by atoms with Crippen LogP contribution in [0.4, 0.5) is 24.7 Å². The van der Waals surface area contributed by atoms with Crippen LogP contribution in [0.25, 0.3) is 0 Å². The van der Waals surface area contributed by atoms with E-state index in [4.69, 9.17) is 0 Å². The lowest BCUT2D eigenvalue weighted by molar-refractivity contribution is -0.136. The molecule has 1 heterocycles. The number of carbonyl (C=O) groups excluding carboxylic acids is 1. The monoisotopic (exact) mass is 385 g/mol. The molecule has 2 N–H and O–H groups in total. The molecule has 2 aromatic carbocycles. The van der Waals surface area contributed by atoms with Crippen molar-refractivity contribution in [3.05, 3.63) is 89.6 Å². The maximum atomic E-state index is 13.0. The highest BCUT2D eigenvalue weighted by molar-refractivity contribution is 6.04. The number of anilines is 2. The minimum Gasteiger partial charge on any atom is -0.370 e. The standard InChI is InChI=1S/C21H18F3N3O/c22-21(23,24)17-8-4-5-9-18(17)27-20(28)16-10-11-19(26-14-16)25-13-12-15-6-2-1-3-7-15/h1-11,14H,12-13H2,(H,25,26)(H,27,28). The number of rotatable bonds is 6. The number of hydrogen-bond donors (Lipinski definition) is 2. The van der Waals surface area contributed by atoms with Crippen molar-refractivity contribution in [2.45, 2.75) is 12.6 Å². The van der Waals surface area contributed by atoms with E-state index in [1.165, 1.54) is 36.0 Å². The number of carbonyl (C=O) groups is 1. The highest BCUT2D eigenvalue weighted by Gasteiger charge is 2.33. The summed E-state index contributed by atoms with van der Waals surface area (Å²) < 4.78 is 39.1. The van der Waals surface area contributed by atoms with Crippen LogP contribution in [0.5, 0.6) is 0 Å². The van der Waals surface area contributed by atoms with Gasteiger partial charge in [0.15, 0.2) is 0 Å². The van der Waals surface area contributed by atoms with Crippen LogP contribution in [0.1, 0.15) is 21.5 Å². The molecule has 0 aliphatic rings. The number of hydrogen-bond acceptors (Lipinski definition) is 3. The second kappa shape index (κ2) is 8.56. The lowest BCUT2D eigenvalue weighted by Crippen LogP contribution is -2.17. The van der Waals surface area contributed by atoms with Crippen LogP contribution in [0, 0.1) is 0 Å². The summed E-state index contributed by atoms with van der Waals surface area (Å²) in [4.78, 5) is 16.4. The summed E-state index contributed by atoms with van der Waals surface area (Å²) in [5.41, 5.74) is 0.181. The van der Waals surface area contributed by atoms with Crippen LogP contribution < -0.4 is 10.6 Å². The molecule has 1 aromatic heterocycles. The molecule has 28 heavy (non-hydrogen) atoms. The number of pyridine rings is 1. The van der Waals surface area contributed by atoms with Gasteiger partial charge < -0.3 is 10.6 Å². The highest BCUT2D eigenvalue weighted by atomic mass is 19.4. The quantitative estimate of drug-likeness (QED) is 0.627. The third-order valence-electron chi connectivity index (χ3n) is 4.07. The van der Waals surface area contributed by atoms with Gasteiger partial charge in [-0.05, 0) is 36.2 Å². The van der Waals surface area contributed by atoms with Gasteiger partial charge in [0.25, 0.3) is 5.91 Å². The highest BCUT2D eigenvalue weighted by Crippen LogP contribution is 2.34. The number of amides is 1. The first kappa shape index (κ1) is 19.4. The van der Waals surface area contributed by atoms with E-state index < -0.39 is 17.6 Å². The summed E-state index contributed by atoms with van der Waals surface area (Å²) in [6, 6.07) is 17.9. The maximum Gasteiger partial charge on any atom is 0.418 e. The van der Waals surface area contributed by atoms with E-state index in [1.807, 2.05) is 30.3 Å². The molecule has 0 saturated carbocycles. The smallest absolute Gasteiger partial charge is 0.370 e. The van der Waals surface area contributed by atoms with Gasteiger partial charge in [0.1, 0.15) is 5.82 Å². The van der Waals surface area contributed by atoms with Crippen molar-refractivity contribution in [3.63, 3.8) is 0 Å². The molecule has 3 aromatic rings. The summed E-state index contributed by atoms with van der Waals surface area (Å²) in [6.07, 6.45) is -2.40. The summed E-state index contributed by atoms with van der Waals surface area (Å²) in [5.74, 6) is -0.0665. The van der Waals surface area contributed by atoms with E-state index in [0.29, 0.717) is 12.4 Å². The molecular weight excluding hydrogens is 367 g/mol. The molecule has 3 rings (SSSR count). The lowest BCUT2D eigenvalue weighted by Gasteiger charge is -2.13. The molecule has 0 bridgehead atoms. The van der Waals surface area contributed by atoms with E-state index in [9.17, 15) is 18.0 Å². The molecule has 1 amide bonds. The fourth-order valence-corrected chi connectivity index (χ4v) is 2.65. The number of para-hydroxylation sites is 1. The first-order valence-electron chi connectivity index (χ1n) is 8.65. The zero-order valence-corrected chi connectivity index (χ0v) is 14.8. The lowest BCUT2D eigenvalue weighted by atomic mass is 10.1. The first-order valence-corrected chi connectivity index (χ1v) is 8.65. The van der Waals surface area contributed by atoms with Crippen molar-refractivity contribution in [2.24, 2.45) is 0 Å². The third-order valence-corrected chi connectivity index (χ3v) is 4.07. The minimum absolute atomic E-state index is 0.172. The molecule has 0 radical (unpaired) electrons. The van der Waals surface area contributed by atoms with Crippen molar-refractivity contribution in [1.29, 1.82) is 0 Å². The molecule has 0 atom stereocenters. The van der Waals surface area contributed by atoms with Crippen LogP contribution in [0.15, 0.2) is 72.9 Å². The molecular formula is C21H18F3N3O. The van der Waals surface area contributed by atoms with Gasteiger partial charge in [-0.3, -0.25) is 4.79 Å². The van der Waals surface area contributed by atoms with Gasteiger partial charge >= 0.3 is 6.18 Å². The van der Waals surface area contributed by atoms with Gasteiger partial charge in [-0.2, -0.15) is 13.2 Å². The molecule has 0 aliphatic carbocycles. The maximum absolute atomic E-state index is 13.0. The Morgan fingerprint density at radius 2 is 1.64 bits per heavy atom. The van der Waals surface area contributed by atoms with Crippen molar-refractivity contribution >= 4 is 17.4 Å². The van der Waals surface area contributed by atoms with Gasteiger partial charge in [-0.25, -0.2) is 4.98 Å². The summed E-state index contributed by atoms with van der Waals surface area (Å²) in [6.45, 7) is 0.668. The van der Waals surface area contributed by atoms with Crippen molar-refractivity contribution < 1.29 is 18.0 Å². The van der Waals surface area contributed by atoms with Gasteiger partial charge in [0, 0.05) is 12.7 Å². The number of nitrogens with zero attached hydrogens (tertiary/aromatic N) is 1. The first-order chi connectivity index (χ1) is 13.4. The summed E-state index contributed by atoms with van der Waals surface area (Å²) in [7, 11) is 0. The van der Waals surface area contributed by atoms with E-state index >= 15 is 0 Å². The summed E-state index contributed by atoms with van der Waals surface area (Å²) in [5, 5.41) is 5.44.